The van der Waals surface area contributed by atoms with E-state index in [1.54, 1.807) is 48.5 Å². The Morgan fingerprint density at radius 1 is 1.15 bits per heavy atom. The first-order chi connectivity index (χ1) is 12.5. The molecule has 0 aromatic heterocycles. The lowest BCUT2D eigenvalue weighted by atomic mass is 10.1. The summed E-state index contributed by atoms with van der Waals surface area (Å²) in [4.78, 5) is 24.9. The third-order valence-electron chi connectivity index (χ3n) is 3.33. The van der Waals surface area contributed by atoms with Gasteiger partial charge in [0.15, 0.2) is 0 Å². The van der Waals surface area contributed by atoms with Crippen LogP contribution < -0.4 is 10.1 Å². The van der Waals surface area contributed by atoms with Gasteiger partial charge in [-0.05, 0) is 35.9 Å². The minimum Gasteiger partial charge on any atom is -0.496 e. The molecule has 0 aliphatic carbocycles. The first kappa shape index (κ1) is 19.3. The molecule has 2 aromatic rings. The molecule has 0 bridgehead atoms. The molecule has 2 aromatic carbocycles. The topological polar surface area (TPSA) is 64.6 Å². The van der Waals surface area contributed by atoms with Crippen LogP contribution in [0.25, 0.3) is 6.08 Å². The monoisotopic (exact) mass is 371 g/mol. The molecule has 0 aliphatic heterocycles. The molecule has 0 heterocycles. The fraction of sp³-hybridized carbons (Fsp3) is 0.100. The zero-order valence-electron chi connectivity index (χ0n) is 14.2. The van der Waals surface area contributed by atoms with Gasteiger partial charge in [0.25, 0.3) is 5.91 Å². The summed E-state index contributed by atoms with van der Waals surface area (Å²) in [6, 6.07) is 13.5. The number of carbonyl (C=O) groups excluding carboxylic acids is 2. The fourth-order valence-corrected chi connectivity index (χ4v) is 2.23. The van der Waals surface area contributed by atoms with Gasteiger partial charge < -0.3 is 14.8 Å². The number of nitrogens with one attached hydrogen (secondary N) is 1. The van der Waals surface area contributed by atoms with E-state index >= 15 is 0 Å². The van der Waals surface area contributed by atoms with Crippen molar-refractivity contribution >= 4 is 29.6 Å². The molecule has 0 atom stereocenters. The highest BCUT2D eigenvalue weighted by atomic mass is 35.5. The van der Waals surface area contributed by atoms with Gasteiger partial charge in [0, 0.05) is 5.02 Å². The molecular weight excluding hydrogens is 354 g/mol. The number of ether oxygens (including phenoxy) is 2. The van der Waals surface area contributed by atoms with Crippen LogP contribution in [0.1, 0.15) is 15.9 Å². The van der Waals surface area contributed by atoms with E-state index in [4.69, 9.17) is 21.1 Å². The largest absolute Gasteiger partial charge is 0.496 e. The van der Waals surface area contributed by atoms with E-state index in [-0.39, 0.29) is 12.3 Å². The van der Waals surface area contributed by atoms with Crippen molar-refractivity contribution in [3.8, 4) is 5.75 Å². The summed E-state index contributed by atoms with van der Waals surface area (Å²) in [5, 5.41) is 3.15. The van der Waals surface area contributed by atoms with Crippen molar-refractivity contribution in [1.82, 2.24) is 5.32 Å². The van der Waals surface area contributed by atoms with Crippen molar-refractivity contribution in [2.24, 2.45) is 0 Å². The Labute approximate surface area is 156 Å². The molecule has 0 saturated heterocycles. The Bertz CT molecular complexity index is 828. The first-order valence-electron chi connectivity index (χ1n) is 7.74. The molecule has 1 amide bonds. The van der Waals surface area contributed by atoms with Crippen molar-refractivity contribution in [1.29, 1.82) is 0 Å². The standard InChI is InChI=1S/C20H18ClNO4/c1-3-12-26-20(24)17(13-14-8-10-15(21)11-9-14)22-19(23)16-6-4-5-7-18(16)25-2/h3-11,13H,1,12H2,2H3,(H,22,23)/b17-13+. The van der Waals surface area contributed by atoms with E-state index in [0.717, 1.165) is 0 Å². The van der Waals surface area contributed by atoms with E-state index in [1.165, 1.54) is 19.3 Å². The predicted octanol–water partition coefficient (Wildman–Crippen LogP) is 3.85. The van der Waals surface area contributed by atoms with Crippen molar-refractivity contribution in [2.45, 2.75) is 0 Å². The van der Waals surface area contributed by atoms with Gasteiger partial charge in [-0.15, -0.1) is 0 Å². The maximum absolute atomic E-state index is 12.6. The van der Waals surface area contributed by atoms with E-state index in [2.05, 4.69) is 11.9 Å². The molecule has 0 aliphatic rings. The smallest absolute Gasteiger partial charge is 0.355 e. The molecule has 2 rings (SSSR count). The Morgan fingerprint density at radius 2 is 1.85 bits per heavy atom. The van der Waals surface area contributed by atoms with Crippen LogP contribution in [-0.4, -0.2) is 25.6 Å². The fourth-order valence-electron chi connectivity index (χ4n) is 2.11. The third-order valence-corrected chi connectivity index (χ3v) is 3.58. The quantitative estimate of drug-likeness (QED) is 0.456. The number of hydrogen-bond donors (Lipinski definition) is 1. The molecule has 0 radical (unpaired) electrons. The zero-order valence-corrected chi connectivity index (χ0v) is 15.0. The van der Waals surface area contributed by atoms with E-state index in [0.29, 0.717) is 21.9 Å². The molecule has 0 unspecified atom stereocenters. The molecular formula is C20H18ClNO4. The number of hydrogen-bond acceptors (Lipinski definition) is 4. The number of rotatable bonds is 7. The van der Waals surface area contributed by atoms with E-state index < -0.39 is 11.9 Å². The highest BCUT2D eigenvalue weighted by Gasteiger charge is 2.18. The molecule has 0 saturated carbocycles. The van der Waals surface area contributed by atoms with Crippen LogP contribution in [-0.2, 0) is 9.53 Å². The lowest BCUT2D eigenvalue weighted by Crippen LogP contribution is -2.29. The van der Waals surface area contributed by atoms with Gasteiger partial charge in [0.2, 0.25) is 0 Å². The summed E-state index contributed by atoms with van der Waals surface area (Å²) < 4.78 is 10.2. The molecule has 134 valence electrons. The average molecular weight is 372 g/mol. The Balaban J connectivity index is 2.31. The maximum Gasteiger partial charge on any atom is 0.355 e. The van der Waals surface area contributed by atoms with Crippen molar-refractivity contribution < 1.29 is 19.1 Å². The lowest BCUT2D eigenvalue weighted by molar-refractivity contribution is -0.138. The molecule has 26 heavy (non-hydrogen) atoms. The molecule has 5 nitrogen and oxygen atoms in total. The van der Waals surface area contributed by atoms with Crippen LogP contribution in [0, 0.1) is 0 Å². The number of esters is 1. The normalized spacial score (nSPS) is 10.8. The van der Waals surface area contributed by atoms with Gasteiger partial charge >= 0.3 is 5.97 Å². The van der Waals surface area contributed by atoms with Crippen molar-refractivity contribution in [3.05, 3.63) is 83.0 Å². The van der Waals surface area contributed by atoms with Gasteiger partial charge in [0.1, 0.15) is 18.1 Å². The number of amides is 1. The summed E-state index contributed by atoms with van der Waals surface area (Å²) in [7, 11) is 1.47. The van der Waals surface area contributed by atoms with Crippen LogP contribution in [0.2, 0.25) is 5.02 Å². The van der Waals surface area contributed by atoms with Crippen LogP contribution in [0.4, 0.5) is 0 Å². The predicted molar refractivity (Wildman–Crippen MR) is 101 cm³/mol. The first-order valence-corrected chi connectivity index (χ1v) is 8.12. The number of halogens is 1. The molecule has 6 heteroatoms. The third kappa shape index (κ3) is 5.22. The zero-order chi connectivity index (χ0) is 18.9. The number of para-hydroxylation sites is 1. The van der Waals surface area contributed by atoms with Gasteiger partial charge in [-0.2, -0.15) is 0 Å². The average Bonchev–Trinajstić information content (AvgIpc) is 2.67. The molecule has 0 fully saturated rings. The Morgan fingerprint density at radius 3 is 2.50 bits per heavy atom. The minimum atomic E-state index is -0.678. The summed E-state index contributed by atoms with van der Waals surface area (Å²) in [6.07, 6.45) is 2.95. The Hall–Kier alpha value is -3.05. The summed E-state index contributed by atoms with van der Waals surface area (Å²) in [6.45, 7) is 3.53. The van der Waals surface area contributed by atoms with Crippen molar-refractivity contribution in [2.75, 3.05) is 13.7 Å². The minimum absolute atomic E-state index is 0.00919. The number of benzene rings is 2. The second-order valence-corrected chi connectivity index (χ2v) is 5.59. The van der Waals surface area contributed by atoms with Gasteiger partial charge in [0.05, 0.1) is 12.7 Å². The SMILES string of the molecule is C=CCOC(=O)/C(=C\c1ccc(Cl)cc1)NC(=O)c1ccccc1OC. The van der Waals surface area contributed by atoms with Crippen LogP contribution in [0.3, 0.4) is 0 Å². The number of carbonyl (C=O) groups is 2. The van der Waals surface area contributed by atoms with Gasteiger partial charge in [-0.1, -0.05) is 48.5 Å². The Kier molecular flexibility index (Phi) is 7.00. The highest BCUT2D eigenvalue weighted by molar-refractivity contribution is 6.30. The van der Waals surface area contributed by atoms with E-state index in [9.17, 15) is 9.59 Å². The number of methoxy groups -OCH3 is 1. The second kappa shape index (κ2) is 9.44. The second-order valence-electron chi connectivity index (χ2n) is 5.15. The highest BCUT2D eigenvalue weighted by Crippen LogP contribution is 2.18. The summed E-state index contributed by atoms with van der Waals surface area (Å²) >= 11 is 5.87. The van der Waals surface area contributed by atoms with Crippen molar-refractivity contribution in [3.63, 3.8) is 0 Å². The van der Waals surface area contributed by atoms with Gasteiger partial charge in [-0.3, -0.25) is 4.79 Å². The molecule has 0 spiro atoms. The maximum atomic E-state index is 12.6. The van der Waals surface area contributed by atoms with Crippen LogP contribution in [0.15, 0.2) is 66.9 Å². The van der Waals surface area contributed by atoms with E-state index in [1.807, 2.05) is 0 Å². The van der Waals surface area contributed by atoms with Crippen LogP contribution >= 0.6 is 11.6 Å². The van der Waals surface area contributed by atoms with Crippen LogP contribution in [0.5, 0.6) is 5.75 Å². The molecule has 1 N–H and O–H groups in total. The van der Waals surface area contributed by atoms with Gasteiger partial charge in [-0.25, -0.2) is 4.79 Å². The lowest BCUT2D eigenvalue weighted by Gasteiger charge is -2.11. The summed E-state index contributed by atoms with van der Waals surface area (Å²) in [5.41, 5.74) is 0.971. The summed E-state index contributed by atoms with van der Waals surface area (Å²) in [5.74, 6) is -0.767.